The van der Waals surface area contributed by atoms with Gasteiger partial charge >= 0.3 is 0 Å². The summed E-state index contributed by atoms with van der Waals surface area (Å²) in [4.78, 5) is 14.5. The van der Waals surface area contributed by atoms with Crippen molar-refractivity contribution in [2.45, 2.75) is 65.6 Å². The van der Waals surface area contributed by atoms with E-state index in [0.717, 1.165) is 19.4 Å². The number of carbonyl (C=O) groups is 1. The lowest BCUT2D eigenvalue weighted by Gasteiger charge is -2.26. The summed E-state index contributed by atoms with van der Waals surface area (Å²) in [5, 5.41) is 3.52. The minimum atomic E-state index is 0.0360. The molecular formula is C14H26N2O. The Balaban J connectivity index is 2.06. The van der Waals surface area contributed by atoms with Crippen LogP contribution in [0.3, 0.4) is 0 Å². The fraction of sp³-hybridized carbons (Fsp3) is 0.929. The zero-order valence-electron chi connectivity index (χ0n) is 11.6. The van der Waals surface area contributed by atoms with Crippen LogP contribution in [0.5, 0.6) is 0 Å². The van der Waals surface area contributed by atoms with E-state index in [-0.39, 0.29) is 12.2 Å². The van der Waals surface area contributed by atoms with Gasteiger partial charge in [-0.2, -0.15) is 0 Å². The zero-order chi connectivity index (χ0) is 12.6. The molecular weight excluding hydrogens is 212 g/mol. The summed E-state index contributed by atoms with van der Waals surface area (Å²) in [6.07, 6.45) is 5.04. The average Bonchev–Trinajstić information content (AvgIpc) is 2.90. The highest BCUT2D eigenvalue weighted by molar-refractivity contribution is 5.84. The maximum absolute atomic E-state index is 12.4. The second kappa shape index (κ2) is 4.60. The van der Waals surface area contributed by atoms with Crippen LogP contribution in [0, 0.1) is 11.3 Å². The Hall–Kier alpha value is -0.570. The second-order valence-electron chi connectivity index (χ2n) is 6.47. The number of nitrogens with one attached hydrogen (secondary N) is 1. The number of carbonyl (C=O) groups excluding carboxylic acids is 1. The molecule has 2 fully saturated rings. The Kier molecular flexibility index (Phi) is 3.48. The summed E-state index contributed by atoms with van der Waals surface area (Å²) >= 11 is 0. The first-order valence-electron chi connectivity index (χ1n) is 7.03. The van der Waals surface area contributed by atoms with E-state index in [9.17, 15) is 4.79 Å². The Bertz CT molecular complexity index is 297. The van der Waals surface area contributed by atoms with Gasteiger partial charge in [0.25, 0.3) is 0 Å². The molecule has 0 bridgehead atoms. The third-order valence-corrected chi connectivity index (χ3v) is 4.18. The molecule has 0 radical (unpaired) electrons. The van der Waals surface area contributed by atoms with Crippen molar-refractivity contribution >= 4 is 5.91 Å². The summed E-state index contributed by atoms with van der Waals surface area (Å²) in [6, 6.07) is 0.0360. The molecule has 3 heteroatoms. The van der Waals surface area contributed by atoms with E-state index >= 15 is 0 Å². The van der Waals surface area contributed by atoms with E-state index in [1.807, 2.05) is 0 Å². The first-order valence-corrected chi connectivity index (χ1v) is 7.03. The van der Waals surface area contributed by atoms with Crippen LogP contribution < -0.4 is 5.32 Å². The van der Waals surface area contributed by atoms with Gasteiger partial charge in [-0.1, -0.05) is 34.1 Å². The number of hydrogen-bond donors (Lipinski definition) is 1. The monoisotopic (exact) mass is 238 g/mol. The maximum atomic E-state index is 12.4. The second-order valence-corrected chi connectivity index (χ2v) is 6.47. The minimum absolute atomic E-state index is 0.0360. The van der Waals surface area contributed by atoms with Crippen molar-refractivity contribution in [3.63, 3.8) is 0 Å². The Labute approximate surface area is 105 Å². The maximum Gasteiger partial charge on any atom is 0.241 e. The molecule has 1 heterocycles. The highest BCUT2D eigenvalue weighted by atomic mass is 16.2. The molecule has 0 aromatic carbocycles. The van der Waals surface area contributed by atoms with Crippen LogP contribution in [0.25, 0.3) is 0 Å². The van der Waals surface area contributed by atoms with Crippen LogP contribution in [-0.4, -0.2) is 29.6 Å². The fourth-order valence-corrected chi connectivity index (χ4v) is 2.66. The molecule has 0 aromatic heterocycles. The first kappa shape index (κ1) is 12.9. The third kappa shape index (κ3) is 2.65. The minimum Gasteiger partial charge on any atom is -0.325 e. The zero-order valence-corrected chi connectivity index (χ0v) is 11.6. The lowest BCUT2D eigenvalue weighted by atomic mass is 10.0. The molecule has 17 heavy (non-hydrogen) atoms. The van der Waals surface area contributed by atoms with Crippen molar-refractivity contribution in [1.82, 2.24) is 10.2 Å². The van der Waals surface area contributed by atoms with E-state index in [4.69, 9.17) is 0 Å². The summed E-state index contributed by atoms with van der Waals surface area (Å²) in [7, 11) is 0. The standard InChI is InChI=1S/C14H26N2O/c1-5-6-11-15-12(10(2)3)13(17)16(11)9-14(4)7-8-14/h10-12,15H,5-9H2,1-4H3. The van der Waals surface area contributed by atoms with Gasteiger partial charge in [-0.15, -0.1) is 0 Å². The van der Waals surface area contributed by atoms with Crippen molar-refractivity contribution in [2.24, 2.45) is 11.3 Å². The molecule has 1 aliphatic carbocycles. The molecule has 1 N–H and O–H groups in total. The van der Waals surface area contributed by atoms with Gasteiger partial charge in [0, 0.05) is 6.54 Å². The van der Waals surface area contributed by atoms with Crippen molar-refractivity contribution in [3.8, 4) is 0 Å². The molecule has 2 rings (SSSR count). The molecule has 1 aliphatic heterocycles. The fourth-order valence-electron chi connectivity index (χ4n) is 2.66. The smallest absolute Gasteiger partial charge is 0.241 e. The number of rotatable bonds is 5. The Morgan fingerprint density at radius 2 is 2.12 bits per heavy atom. The van der Waals surface area contributed by atoms with E-state index in [1.165, 1.54) is 12.8 Å². The number of amides is 1. The van der Waals surface area contributed by atoms with Crippen LogP contribution in [0.15, 0.2) is 0 Å². The quantitative estimate of drug-likeness (QED) is 0.797. The van der Waals surface area contributed by atoms with Crippen molar-refractivity contribution in [2.75, 3.05) is 6.54 Å². The molecule has 2 atom stereocenters. The summed E-state index contributed by atoms with van der Waals surface area (Å²) in [5.41, 5.74) is 0.412. The highest BCUT2D eigenvalue weighted by Crippen LogP contribution is 2.46. The van der Waals surface area contributed by atoms with Crippen molar-refractivity contribution < 1.29 is 4.79 Å². The Morgan fingerprint density at radius 1 is 1.47 bits per heavy atom. The molecule has 0 spiro atoms. The van der Waals surface area contributed by atoms with Gasteiger partial charge in [-0.25, -0.2) is 0 Å². The SMILES string of the molecule is CCCC1NC(C(C)C)C(=O)N1CC1(C)CC1. The summed E-state index contributed by atoms with van der Waals surface area (Å²) in [5.74, 6) is 0.713. The van der Waals surface area contributed by atoms with Crippen LogP contribution >= 0.6 is 0 Å². The largest absolute Gasteiger partial charge is 0.325 e. The molecule has 2 aliphatic rings. The average molecular weight is 238 g/mol. The summed E-state index contributed by atoms with van der Waals surface area (Å²) < 4.78 is 0. The van der Waals surface area contributed by atoms with E-state index < -0.39 is 0 Å². The van der Waals surface area contributed by atoms with Crippen LogP contribution in [0.4, 0.5) is 0 Å². The normalized spacial score (nSPS) is 31.4. The predicted molar refractivity (Wildman–Crippen MR) is 69.5 cm³/mol. The molecule has 1 amide bonds. The Morgan fingerprint density at radius 3 is 2.59 bits per heavy atom. The molecule has 1 saturated heterocycles. The van der Waals surface area contributed by atoms with Gasteiger partial charge in [-0.05, 0) is 30.6 Å². The van der Waals surface area contributed by atoms with Gasteiger partial charge in [0.05, 0.1) is 12.2 Å². The van der Waals surface area contributed by atoms with Gasteiger partial charge in [0.2, 0.25) is 5.91 Å². The van der Waals surface area contributed by atoms with Crippen LogP contribution in [0.2, 0.25) is 0 Å². The number of hydrogen-bond acceptors (Lipinski definition) is 2. The molecule has 2 unspecified atom stereocenters. The first-order chi connectivity index (χ1) is 7.97. The lowest BCUT2D eigenvalue weighted by molar-refractivity contribution is -0.131. The van der Waals surface area contributed by atoms with Crippen molar-refractivity contribution in [1.29, 1.82) is 0 Å². The van der Waals surface area contributed by atoms with Crippen molar-refractivity contribution in [3.05, 3.63) is 0 Å². The molecule has 3 nitrogen and oxygen atoms in total. The van der Waals surface area contributed by atoms with Gasteiger partial charge in [-0.3, -0.25) is 10.1 Å². The summed E-state index contributed by atoms with van der Waals surface area (Å²) in [6.45, 7) is 9.69. The number of nitrogens with zero attached hydrogens (tertiary/aromatic N) is 1. The lowest BCUT2D eigenvalue weighted by Crippen LogP contribution is -2.40. The van der Waals surface area contributed by atoms with Crippen LogP contribution in [-0.2, 0) is 4.79 Å². The molecule has 1 saturated carbocycles. The highest BCUT2D eigenvalue weighted by Gasteiger charge is 2.46. The third-order valence-electron chi connectivity index (χ3n) is 4.18. The van der Waals surface area contributed by atoms with Gasteiger partial charge in [0.15, 0.2) is 0 Å². The molecule has 98 valence electrons. The van der Waals surface area contributed by atoms with Gasteiger partial charge < -0.3 is 4.90 Å². The predicted octanol–water partition coefficient (Wildman–Crippen LogP) is 2.37. The molecule has 0 aromatic rings. The van der Waals surface area contributed by atoms with Crippen LogP contribution in [0.1, 0.15) is 53.4 Å². The van der Waals surface area contributed by atoms with E-state index in [2.05, 4.69) is 37.9 Å². The topological polar surface area (TPSA) is 32.3 Å². The van der Waals surface area contributed by atoms with Gasteiger partial charge in [0.1, 0.15) is 0 Å². The van der Waals surface area contributed by atoms with E-state index in [1.54, 1.807) is 0 Å². The van der Waals surface area contributed by atoms with E-state index in [0.29, 0.717) is 17.2 Å².